The van der Waals surface area contributed by atoms with Crippen LogP contribution in [0.1, 0.15) is 30.5 Å². The molecule has 8 heteroatoms. The zero-order chi connectivity index (χ0) is 17.9. The van der Waals surface area contributed by atoms with Crippen LogP contribution >= 0.6 is 23.3 Å². The summed E-state index contributed by atoms with van der Waals surface area (Å²) in [6, 6.07) is 12.3. The molecular formula is C17H23N3O2S3. The van der Waals surface area contributed by atoms with Gasteiger partial charge in [0.05, 0.1) is 4.21 Å². The van der Waals surface area contributed by atoms with E-state index in [1.165, 1.54) is 16.9 Å². The largest absolute Gasteiger partial charge is 0.309 e. The predicted octanol–water partition coefficient (Wildman–Crippen LogP) is 3.00. The third-order valence-electron chi connectivity index (χ3n) is 4.09. The predicted molar refractivity (Wildman–Crippen MR) is 104 cm³/mol. The third kappa shape index (κ3) is 4.84. The van der Waals surface area contributed by atoms with Crippen LogP contribution in [0.3, 0.4) is 0 Å². The number of sulfonamides is 1. The van der Waals surface area contributed by atoms with Crippen molar-refractivity contribution < 1.29 is 8.42 Å². The number of hydrogen-bond donors (Lipinski definition) is 2. The maximum atomic E-state index is 11.7. The number of fused-ring (bicyclic) bond motifs is 1. The molecule has 0 unspecified atom stereocenters. The lowest BCUT2D eigenvalue weighted by atomic mass is 10.1. The zero-order valence-corrected chi connectivity index (χ0v) is 16.6. The first-order valence-electron chi connectivity index (χ1n) is 8.34. The minimum Gasteiger partial charge on any atom is -0.309 e. The van der Waals surface area contributed by atoms with Gasteiger partial charge in [-0.05, 0) is 48.5 Å². The molecular weight excluding hydrogens is 374 g/mol. The zero-order valence-electron chi connectivity index (χ0n) is 14.1. The van der Waals surface area contributed by atoms with Gasteiger partial charge in [-0.1, -0.05) is 37.3 Å². The van der Waals surface area contributed by atoms with Crippen molar-refractivity contribution in [3.63, 3.8) is 0 Å². The van der Waals surface area contributed by atoms with Gasteiger partial charge in [-0.2, -0.15) is 0 Å². The van der Waals surface area contributed by atoms with Crippen molar-refractivity contribution in [2.75, 3.05) is 19.6 Å². The topological polar surface area (TPSA) is 75.4 Å². The number of thiophene rings is 1. The highest BCUT2D eigenvalue weighted by Gasteiger charge is 2.30. The lowest BCUT2D eigenvalue weighted by Crippen LogP contribution is -2.36. The van der Waals surface area contributed by atoms with E-state index in [1.807, 2.05) is 6.07 Å². The molecule has 3 rings (SSSR count). The molecule has 136 valence electrons. The number of nitrogens with two attached hydrogens (primary N) is 1. The Labute approximate surface area is 157 Å². The highest BCUT2D eigenvalue weighted by Crippen LogP contribution is 2.43. The van der Waals surface area contributed by atoms with Gasteiger partial charge < -0.3 is 5.32 Å². The van der Waals surface area contributed by atoms with Crippen molar-refractivity contribution in [3.8, 4) is 0 Å². The van der Waals surface area contributed by atoms with E-state index in [0.29, 0.717) is 0 Å². The fraction of sp³-hybridized carbons (Fsp3) is 0.412. The molecule has 2 aromatic rings. The van der Waals surface area contributed by atoms with Crippen molar-refractivity contribution in [2.24, 2.45) is 5.14 Å². The molecule has 0 amide bonds. The molecule has 0 spiro atoms. The molecule has 5 nitrogen and oxygen atoms in total. The maximum Gasteiger partial charge on any atom is 0.247 e. The second kappa shape index (κ2) is 8.20. The molecule has 0 aliphatic carbocycles. The van der Waals surface area contributed by atoms with E-state index in [1.54, 1.807) is 18.0 Å². The summed E-state index contributed by atoms with van der Waals surface area (Å²) in [5.74, 6) is 0. The molecule has 0 fully saturated rings. The van der Waals surface area contributed by atoms with Gasteiger partial charge in [-0.15, -0.1) is 11.3 Å². The van der Waals surface area contributed by atoms with Crippen LogP contribution in [-0.2, 0) is 16.4 Å². The van der Waals surface area contributed by atoms with Crippen molar-refractivity contribution in [2.45, 2.75) is 34.2 Å². The molecule has 0 radical (unpaired) electrons. The van der Waals surface area contributed by atoms with Gasteiger partial charge >= 0.3 is 0 Å². The van der Waals surface area contributed by atoms with Crippen LogP contribution in [0.15, 0.2) is 44.8 Å². The fourth-order valence-electron chi connectivity index (χ4n) is 2.81. The molecule has 2 heterocycles. The van der Waals surface area contributed by atoms with E-state index in [2.05, 4.69) is 40.8 Å². The van der Waals surface area contributed by atoms with Gasteiger partial charge in [0.15, 0.2) is 0 Å². The number of rotatable bonds is 7. The van der Waals surface area contributed by atoms with Crippen LogP contribution in [-0.4, -0.2) is 32.4 Å². The lowest BCUT2D eigenvalue weighted by Gasteiger charge is -2.32. The van der Waals surface area contributed by atoms with Gasteiger partial charge in [0.1, 0.15) is 4.21 Å². The van der Waals surface area contributed by atoms with Gasteiger partial charge in [0, 0.05) is 19.1 Å². The molecule has 25 heavy (non-hydrogen) atoms. The van der Waals surface area contributed by atoms with E-state index < -0.39 is 10.0 Å². The van der Waals surface area contributed by atoms with E-state index in [4.69, 9.17) is 5.14 Å². The molecule has 1 aromatic carbocycles. The first-order valence-corrected chi connectivity index (χ1v) is 11.5. The average molecular weight is 398 g/mol. The Bertz CT molecular complexity index is 806. The Morgan fingerprint density at radius 1 is 1.32 bits per heavy atom. The number of nitrogens with zero attached hydrogens (tertiary/aromatic N) is 1. The van der Waals surface area contributed by atoms with E-state index in [-0.39, 0.29) is 10.3 Å². The molecule has 1 atom stereocenters. The minimum absolute atomic E-state index is 0.138. The van der Waals surface area contributed by atoms with Gasteiger partial charge in [-0.25, -0.2) is 17.9 Å². The summed E-state index contributed by atoms with van der Waals surface area (Å²) in [6.07, 6.45) is 2.01. The van der Waals surface area contributed by atoms with E-state index in [0.717, 1.165) is 42.2 Å². The molecule has 0 bridgehead atoms. The Morgan fingerprint density at radius 2 is 2.08 bits per heavy atom. The number of hydrogen-bond acceptors (Lipinski definition) is 6. The van der Waals surface area contributed by atoms with Crippen LogP contribution in [0.4, 0.5) is 0 Å². The summed E-state index contributed by atoms with van der Waals surface area (Å²) >= 11 is 2.92. The molecule has 1 aliphatic heterocycles. The molecule has 3 N–H and O–H groups in total. The normalized spacial score (nSPS) is 18.2. The first kappa shape index (κ1) is 18.9. The smallest absolute Gasteiger partial charge is 0.247 e. The number of benzene rings is 1. The molecule has 0 saturated heterocycles. The van der Waals surface area contributed by atoms with Gasteiger partial charge in [0.25, 0.3) is 0 Å². The van der Waals surface area contributed by atoms with Crippen LogP contribution < -0.4 is 10.5 Å². The molecule has 1 aromatic heterocycles. The highest BCUT2D eigenvalue weighted by atomic mass is 32.3. The van der Waals surface area contributed by atoms with Crippen molar-refractivity contribution in [1.82, 2.24) is 9.62 Å². The monoisotopic (exact) mass is 397 g/mol. The summed E-state index contributed by atoms with van der Waals surface area (Å²) in [4.78, 5) is 0. The number of primary sulfonamides is 1. The summed E-state index contributed by atoms with van der Waals surface area (Å²) in [7, 11) is -3.65. The standard InChI is InChI=1S/C17H23N3O2S3/c1-2-9-19-15-12-20(10-8-13-6-4-3-5-7-13)24-17-14(15)11-16(23-17)25(18,21)22/h3-7,11,15,19H,2,8-10,12H2,1H3,(H2,18,21,22)/t15-/m0/s1. The Morgan fingerprint density at radius 3 is 2.76 bits per heavy atom. The van der Waals surface area contributed by atoms with E-state index in [9.17, 15) is 8.42 Å². The second-order valence-corrected chi connectivity index (χ2v) is 10.3. The van der Waals surface area contributed by atoms with Crippen LogP contribution in [0, 0.1) is 0 Å². The van der Waals surface area contributed by atoms with E-state index >= 15 is 0 Å². The average Bonchev–Trinajstić information content (AvgIpc) is 3.03. The summed E-state index contributed by atoms with van der Waals surface area (Å²) in [6.45, 7) is 4.80. The molecule has 0 saturated carbocycles. The second-order valence-electron chi connectivity index (χ2n) is 6.07. The Balaban J connectivity index is 1.76. The van der Waals surface area contributed by atoms with Crippen molar-refractivity contribution in [1.29, 1.82) is 0 Å². The first-order chi connectivity index (χ1) is 12.0. The fourth-order valence-corrected chi connectivity index (χ4v) is 6.34. The maximum absolute atomic E-state index is 11.7. The van der Waals surface area contributed by atoms with Crippen molar-refractivity contribution in [3.05, 3.63) is 47.5 Å². The third-order valence-corrected chi connectivity index (χ3v) is 7.92. The SMILES string of the molecule is CCCN[C@H]1CN(CCc2ccccc2)Sc2sc(S(N)(=O)=O)cc21. The Hall–Kier alpha value is -0.900. The minimum atomic E-state index is -3.65. The van der Waals surface area contributed by atoms with Gasteiger partial charge in [-0.3, -0.25) is 0 Å². The van der Waals surface area contributed by atoms with Crippen LogP contribution in [0.25, 0.3) is 0 Å². The van der Waals surface area contributed by atoms with Crippen molar-refractivity contribution >= 4 is 33.3 Å². The van der Waals surface area contributed by atoms with Crippen LogP contribution in [0.5, 0.6) is 0 Å². The highest BCUT2D eigenvalue weighted by molar-refractivity contribution is 7.99. The van der Waals surface area contributed by atoms with Crippen LogP contribution in [0.2, 0.25) is 0 Å². The molecule has 1 aliphatic rings. The summed E-state index contributed by atoms with van der Waals surface area (Å²) in [5.41, 5.74) is 2.37. The summed E-state index contributed by atoms with van der Waals surface area (Å²) in [5, 5.41) is 8.86. The quantitative estimate of drug-likeness (QED) is 0.703. The summed E-state index contributed by atoms with van der Waals surface area (Å²) < 4.78 is 27.0. The number of nitrogens with one attached hydrogen (secondary N) is 1. The lowest BCUT2D eigenvalue weighted by molar-refractivity contribution is 0.378. The Kier molecular flexibility index (Phi) is 6.19. The van der Waals surface area contributed by atoms with Gasteiger partial charge in [0.2, 0.25) is 10.0 Å².